The number of benzene rings is 1. The molecule has 1 rings (SSSR count). The van der Waals surface area contributed by atoms with Gasteiger partial charge in [0.2, 0.25) is 0 Å². The number of ether oxygens (including phenoxy) is 1. The van der Waals surface area contributed by atoms with E-state index >= 15 is 0 Å². The molecule has 0 aromatic heterocycles. The Morgan fingerprint density at radius 2 is 2.00 bits per heavy atom. The van der Waals surface area contributed by atoms with E-state index in [1.54, 1.807) is 17.9 Å². The van der Waals surface area contributed by atoms with Crippen molar-refractivity contribution < 1.29 is 13.9 Å². The summed E-state index contributed by atoms with van der Waals surface area (Å²) in [6.07, 6.45) is 0. The zero-order chi connectivity index (χ0) is 12.8. The SMILES string of the molecule is CCN(CC)C(=O)COc1ccc(F)c(C)c1. The molecule has 0 aliphatic rings. The van der Waals surface area contributed by atoms with E-state index in [0.717, 1.165) is 0 Å². The predicted octanol–water partition coefficient (Wildman–Crippen LogP) is 2.38. The van der Waals surface area contributed by atoms with Crippen LogP contribution in [-0.4, -0.2) is 30.5 Å². The summed E-state index contributed by atoms with van der Waals surface area (Å²) >= 11 is 0. The van der Waals surface area contributed by atoms with Crippen molar-refractivity contribution in [2.75, 3.05) is 19.7 Å². The van der Waals surface area contributed by atoms with Gasteiger partial charge < -0.3 is 9.64 Å². The van der Waals surface area contributed by atoms with Gasteiger partial charge in [0.1, 0.15) is 11.6 Å². The number of hydrogen-bond acceptors (Lipinski definition) is 2. The van der Waals surface area contributed by atoms with E-state index in [0.29, 0.717) is 24.4 Å². The molecule has 0 heterocycles. The third-order valence-corrected chi connectivity index (χ3v) is 2.61. The summed E-state index contributed by atoms with van der Waals surface area (Å²) in [5.41, 5.74) is 0.512. The Morgan fingerprint density at radius 1 is 1.35 bits per heavy atom. The Morgan fingerprint density at radius 3 is 2.53 bits per heavy atom. The summed E-state index contributed by atoms with van der Waals surface area (Å²) in [6.45, 7) is 6.83. The number of halogens is 1. The van der Waals surface area contributed by atoms with Crippen LogP contribution in [0.1, 0.15) is 19.4 Å². The molecule has 0 fully saturated rings. The minimum Gasteiger partial charge on any atom is -0.484 e. The third kappa shape index (κ3) is 3.73. The second kappa shape index (κ2) is 6.23. The van der Waals surface area contributed by atoms with Crippen molar-refractivity contribution in [2.45, 2.75) is 20.8 Å². The number of carbonyl (C=O) groups excluding carboxylic acids is 1. The first-order valence-corrected chi connectivity index (χ1v) is 5.75. The van der Waals surface area contributed by atoms with Crippen molar-refractivity contribution >= 4 is 5.91 Å². The first kappa shape index (κ1) is 13.5. The highest BCUT2D eigenvalue weighted by Gasteiger charge is 2.10. The molecule has 4 heteroatoms. The molecule has 94 valence electrons. The summed E-state index contributed by atoms with van der Waals surface area (Å²) in [5, 5.41) is 0. The van der Waals surface area contributed by atoms with Gasteiger partial charge in [-0.1, -0.05) is 0 Å². The lowest BCUT2D eigenvalue weighted by Gasteiger charge is -2.18. The van der Waals surface area contributed by atoms with Gasteiger partial charge in [0.05, 0.1) is 0 Å². The minimum absolute atomic E-state index is 0.00719. The maximum absolute atomic E-state index is 13.0. The Hall–Kier alpha value is -1.58. The van der Waals surface area contributed by atoms with Crippen molar-refractivity contribution in [3.63, 3.8) is 0 Å². The standard InChI is InChI=1S/C13H18FNO2/c1-4-15(5-2)13(16)9-17-11-6-7-12(14)10(3)8-11/h6-8H,4-5,9H2,1-3H3. The highest BCUT2D eigenvalue weighted by Crippen LogP contribution is 2.15. The van der Waals surface area contributed by atoms with E-state index in [1.807, 2.05) is 13.8 Å². The maximum atomic E-state index is 13.0. The van der Waals surface area contributed by atoms with Crippen LogP contribution >= 0.6 is 0 Å². The number of nitrogens with zero attached hydrogens (tertiary/aromatic N) is 1. The summed E-state index contributed by atoms with van der Waals surface area (Å²) in [6, 6.07) is 4.45. The lowest BCUT2D eigenvalue weighted by Crippen LogP contribution is -2.34. The number of likely N-dealkylation sites (N-methyl/N-ethyl adjacent to an activating group) is 1. The molecule has 1 aromatic carbocycles. The molecule has 0 aliphatic carbocycles. The van der Waals surface area contributed by atoms with Gasteiger partial charge >= 0.3 is 0 Å². The van der Waals surface area contributed by atoms with Crippen LogP contribution in [0.5, 0.6) is 5.75 Å². The number of hydrogen-bond donors (Lipinski definition) is 0. The smallest absolute Gasteiger partial charge is 0.260 e. The Balaban J connectivity index is 2.55. The highest BCUT2D eigenvalue weighted by atomic mass is 19.1. The number of rotatable bonds is 5. The highest BCUT2D eigenvalue weighted by molar-refractivity contribution is 5.77. The quantitative estimate of drug-likeness (QED) is 0.789. The normalized spacial score (nSPS) is 10.1. The van der Waals surface area contributed by atoms with Crippen LogP contribution in [0.25, 0.3) is 0 Å². The molecule has 0 radical (unpaired) electrons. The fraction of sp³-hybridized carbons (Fsp3) is 0.462. The van der Waals surface area contributed by atoms with Crippen LogP contribution in [0.2, 0.25) is 0 Å². The van der Waals surface area contributed by atoms with Crippen LogP contribution in [0.4, 0.5) is 4.39 Å². The van der Waals surface area contributed by atoms with Gasteiger partial charge in [0, 0.05) is 13.1 Å². The van der Waals surface area contributed by atoms with E-state index in [1.165, 1.54) is 12.1 Å². The Bertz CT molecular complexity index is 389. The molecule has 3 nitrogen and oxygen atoms in total. The van der Waals surface area contributed by atoms with Crippen molar-refractivity contribution in [2.24, 2.45) is 0 Å². The van der Waals surface area contributed by atoms with Crippen LogP contribution in [-0.2, 0) is 4.79 Å². The van der Waals surface area contributed by atoms with Crippen LogP contribution in [0, 0.1) is 12.7 Å². The molecule has 0 spiro atoms. The average molecular weight is 239 g/mol. The zero-order valence-electron chi connectivity index (χ0n) is 10.5. The van der Waals surface area contributed by atoms with Crippen LogP contribution in [0.3, 0.4) is 0 Å². The minimum atomic E-state index is -0.271. The largest absolute Gasteiger partial charge is 0.484 e. The second-order valence-corrected chi connectivity index (χ2v) is 3.77. The molecular weight excluding hydrogens is 221 g/mol. The van der Waals surface area contributed by atoms with E-state index in [9.17, 15) is 9.18 Å². The average Bonchev–Trinajstić information content (AvgIpc) is 2.32. The first-order chi connectivity index (χ1) is 8.08. The number of carbonyl (C=O) groups is 1. The third-order valence-electron chi connectivity index (χ3n) is 2.61. The molecular formula is C13H18FNO2. The van der Waals surface area contributed by atoms with Gasteiger partial charge in [-0.05, 0) is 44.5 Å². The monoisotopic (exact) mass is 239 g/mol. The molecule has 0 bridgehead atoms. The Kier molecular flexibility index (Phi) is 4.94. The molecule has 1 aromatic rings. The maximum Gasteiger partial charge on any atom is 0.260 e. The van der Waals surface area contributed by atoms with Gasteiger partial charge in [-0.2, -0.15) is 0 Å². The molecule has 0 unspecified atom stereocenters. The van der Waals surface area contributed by atoms with Gasteiger partial charge in [-0.25, -0.2) is 4.39 Å². The van der Waals surface area contributed by atoms with Crippen LogP contribution in [0.15, 0.2) is 18.2 Å². The van der Waals surface area contributed by atoms with Crippen molar-refractivity contribution in [3.05, 3.63) is 29.6 Å². The number of amides is 1. The summed E-state index contributed by atoms with van der Waals surface area (Å²) in [4.78, 5) is 13.3. The molecule has 0 saturated heterocycles. The summed E-state index contributed by atoms with van der Waals surface area (Å²) < 4.78 is 18.3. The van der Waals surface area contributed by atoms with Gasteiger partial charge in [-0.15, -0.1) is 0 Å². The molecule has 0 N–H and O–H groups in total. The summed E-state index contributed by atoms with van der Waals surface area (Å²) in [7, 11) is 0. The lowest BCUT2D eigenvalue weighted by atomic mass is 10.2. The molecule has 0 saturated carbocycles. The van der Waals surface area contributed by atoms with E-state index in [4.69, 9.17) is 4.74 Å². The van der Waals surface area contributed by atoms with E-state index in [-0.39, 0.29) is 18.3 Å². The number of aryl methyl sites for hydroxylation is 1. The fourth-order valence-electron chi connectivity index (χ4n) is 1.52. The van der Waals surface area contributed by atoms with Gasteiger partial charge in [0.25, 0.3) is 5.91 Å². The molecule has 0 atom stereocenters. The van der Waals surface area contributed by atoms with Crippen molar-refractivity contribution in [1.29, 1.82) is 0 Å². The molecule has 1 amide bonds. The van der Waals surface area contributed by atoms with Crippen molar-refractivity contribution in [1.82, 2.24) is 4.90 Å². The van der Waals surface area contributed by atoms with Crippen LogP contribution < -0.4 is 4.74 Å². The van der Waals surface area contributed by atoms with E-state index < -0.39 is 0 Å². The van der Waals surface area contributed by atoms with Crippen molar-refractivity contribution in [3.8, 4) is 5.75 Å². The Labute approximate surface area is 101 Å². The zero-order valence-corrected chi connectivity index (χ0v) is 10.5. The van der Waals surface area contributed by atoms with Gasteiger partial charge in [-0.3, -0.25) is 4.79 Å². The fourth-order valence-corrected chi connectivity index (χ4v) is 1.52. The molecule has 17 heavy (non-hydrogen) atoms. The van der Waals surface area contributed by atoms with Gasteiger partial charge in [0.15, 0.2) is 6.61 Å². The second-order valence-electron chi connectivity index (χ2n) is 3.77. The molecule has 0 aliphatic heterocycles. The first-order valence-electron chi connectivity index (χ1n) is 5.75. The summed E-state index contributed by atoms with van der Waals surface area (Å²) in [5.74, 6) is 0.189. The van der Waals surface area contributed by atoms with E-state index in [2.05, 4.69) is 0 Å². The predicted molar refractivity (Wildman–Crippen MR) is 64.6 cm³/mol. The lowest BCUT2D eigenvalue weighted by molar-refractivity contribution is -0.132. The topological polar surface area (TPSA) is 29.5 Å².